The second-order valence-corrected chi connectivity index (χ2v) is 5.19. The van der Waals surface area contributed by atoms with Crippen LogP contribution in [-0.2, 0) is 6.18 Å². The molecule has 0 saturated carbocycles. The van der Waals surface area contributed by atoms with Crippen molar-refractivity contribution in [3.8, 4) is 10.4 Å². The number of benzene rings is 1. The molecule has 0 unspecified atom stereocenters. The number of hydrogen-bond acceptors (Lipinski definition) is 2. The molecule has 2 aromatic heterocycles. The Labute approximate surface area is 111 Å². The highest BCUT2D eigenvalue weighted by molar-refractivity contribution is 7.22. The van der Waals surface area contributed by atoms with E-state index >= 15 is 0 Å². The lowest BCUT2D eigenvalue weighted by Gasteiger charge is -2.06. The molecular weight excluding hydrogens is 271 g/mol. The highest BCUT2D eigenvalue weighted by Gasteiger charge is 2.31. The summed E-state index contributed by atoms with van der Waals surface area (Å²) in [7, 11) is 0. The molecule has 0 aliphatic carbocycles. The standard InChI is InChI=1S/C14H8F3NS/c15-14(16,17)11-5-10(7-18-8-11)13-6-9-3-1-2-4-12(9)19-13/h1-8H. The van der Waals surface area contributed by atoms with Crippen molar-refractivity contribution in [1.29, 1.82) is 0 Å². The van der Waals surface area contributed by atoms with Gasteiger partial charge in [0.25, 0.3) is 0 Å². The van der Waals surface area contributed by atoms with Crippen LogP contribution in [0.2, 0.25) is 0 Å². The van der Waals surface area contributed by atoms with Gasteiger partial charge in [0, 0.05) is 27.5 Å². The van der Waals surface area contributed by atoms with E-state index in [9.17, 15) is 13.2 Å². The SMILES string of the molecule is FC(F)(F)c1cncc(-c2cc3ccccc3s2)c1. The van der Waals surface area contributed by atoms with Crippen LogP contribution in [-0.4, -0.2) is 4.98 Å². The van der Waals surface area contributed by atoms with Gasteiger partial charge in [-0.25, -0.2) is 0 Å². The molecule has 0 aliphatic heterocycles. The lowest BCUT2D eigenvalue weighted by atomic mass is 10.1. The fourth-order valence-electron chi connectivity index (χ4n) is 1.85. The minimum Gasteiger partial charge on any atom is -0.263 e. The monoisotopic (exact) mass is 279 g/mol. The topological polar surface area (TPSA) is 12.9 Å². The van der Waals surface area contributed by atoms with Crippen LogP contribution < -0.4 is 0 Å². The summed E-state index contributed by atoms with van der Waals surface area (Å²) in [5, 5.41) is 1.03. The first-order valence-corrected chi connectivity index (χ1v) is 6.37. The summed E-state index contributed by atoms with van der Waals surface area (Å²) in [6.07, 6.45) is -2.06. The van der Waals surface area contributed by atoms with Crippen LogP contribution >= 0.6 is 11.3 Å². The molecule has 2 heterocycles. The van der Waals surface area contributed by atoms with Crippen LogP contribution in [0.5, 0.6) is 0 Å². The van der Waals surface area contributed by atoms with Crippen molar-refractivity contribution in [2.45, 2.75) is 6.18 Å². The van der Waals surface area contributed by atoms with Crippen molar-refractivity contribution in [3.63, 3.8) is 0 Å². The Morgan fingerprint density at radius 1 is 1.00 bits per heavy atom. The first-order chi connectivity index (χ1) is 9.04. The van der Waals surface area contributed by atoms with Crippen molar-refractivity contribution in [1.82, 2.24) is 4.98 Å². The van der Waals surface area contributed by atoms with Crippen LogP contribution in [0, 0.1) is 0 Å². The van der Waals surface area contributed by atoms with E-state index in [2.05, 4.69) is 4.98 Å². The van der Waals surface area contributed by atoms with Gasteiger partial charge in [-0.2, -0.15) is 13.2 Å². The molecule has 0 aliphatic rings. The summed E-state index contributed by atoms with van der Waals surface area (Å²) >= 11 is 1.46. The van der Waals surface area contributed by atoms with Crippen LogP contribution in [0.25, 0.3) is 20.5 Å². The molecule has 1 nitrogen and oxygen atoms in total. The number of pyridine rings is 1. The number of nitrogens with zero attached hydrogens (tertiary/aromatic N) is 1. The Hall–Kier alpha value is -1.88. The van der Waals surface area contributed by atoms with Gasteiger partial charge in [0.15, 0.2) is 0 Å². The van der Waals surface area contributed by atoms with Gasteiger partial charge < -0.3 is 0 Å². The largest absolute Gasteiger partial charge is 0.417 e. The van der Waals surface area contributed by atoms with Crippen LogP contribution in [0.3, 0.4) is 0 Å². The lowest BCUT2D eigenvalue weighted by Crippen LogP contribution is -2.05. The van der Waals surface area contributed by atoms with Gasteiger partial charge in [0.05, 0.1) is 5.56 Å². The van der Waals surface area contributed by atoms with Crippen molar-refractivity contribution < 1.29 is 13.2 Å². The Bertz CT molecular complexity index is 698. The Balaban J connectivity index is 2.11. The molecule has 0 N–H and O–H groups in total. The van der Waals surface area contributed by atoms with Gasteiger partial charge in [-0.15, -0.1) is 11.3 Å². The van der Waals surface area contributed by atoms with Gasteiger partial charge in [0.2, 0.25) is 0 Å². The third kappa shape index (κ3) is 2.33. The van der Waals surface area contributed by atoms with E-state index in [1.165, 1.54) is 17.5 Å². The zero-order valence-corrected chi connectivity index (χ0v) is 10.4. The van der Waals surface area contributed by atoms with Crippen molar-refractivity contribution in [3.05, 3.63) is 54.4 Å². The molecule has 0 atom stereocenters. The maximum absolute atomic E-state index is 12.7. The van der Waals surface area contributed by atoms with Crippen molar-refractivity contribution in [2.75, 3.05) is 0 Å². The predicted molar refractivity (Wildman–Crippen MR) is 70.1 cm³/mol. The number of aromatic nitrogens is 1. The molecule has 19 heavy (non-hydrogen) atoms. The fourth-order valence-corrected chi connectivity index (χ4v) is 2.90. The van der Waals surface area contributed by atoms with Gasteiger partial charge in [-0.05, 0) is 23.6 Å². The quantitative estimate of drug-likeness (QED) is 0.612. The molecule has 0 saturated heterocycles. The summed E-state index contributed by atoms with van der Waals surface area (Å²) in [6, 6.07) is 10.7. The average Bonchev–Trinajstić information content (AvgIpc) is 2.81. The molecule has 5 heteroatoms. The summed E-state index contributed by atoms with van der Waals surface area (Å²) in [5.74, 6) is 0. The highest BCUT2D eigenvalue weighted by atomic mass is 32.1. The van der Waals surface area contributed by atoms with Crippen molar-refractivity contribution in [2.24, 2.45) is 0 Å². The summed E-state index contributed by atoms with van der Waals surface area (Å²) in [5.41, 5.74) is -0.224. The zero-order chi connectivity index (χ0) is 13.5. The number of fused-ring (bicyclic) bond motifs is 1. The third-order valence-electron chi connectivity index (χ3n) is 2.78. The second kappa shape index (κ2) is 4.35. The van der Waals surface area contributed by atoms with Crippen LogP contribution in [0.1, 0.15) is 5.56 Å². The molecule has 1 aromatic carbocycles. The number of halogens is 3. The van der Waals surface area contributed by atoms with E-state index in [-0.39, 0.29) is 0 Å². The molecule has 96 valence electrons. The normalized spacial score (nSPS) is 11.9. The number of alkyl halides is 3. The number of rotatable bonds is 1. The first kappa shape index (κ1) is 12.2. The molecule has 0 fully saturated rings. The summed E-state index contributed by atoms with van der Waals surface area (Å²) in [6.45, 7) is 0. The van der Waals surface area contributed by atoms with E-state index in [1.807, 2.05) is 30.3 Å². The molecule has 0 radical (unpaired) electrons. The first-order valence-electron chi connectivity index (χ1n) is 5.55. The van der Waals surface area contributed by atoms with E-state index in [0.717, 1.165) is 27.2 Å². The molecule has 3 aromatic rings. The molecule has 3 rings (SSSR count). The summed E-state index contributed by atoms with van der Waals surface area (Å²) in [4.78, 5) is 4.48. The minimum absolute atomic E-state index is 0.496. The van der Waals surface area contributed by atoms with Gasteiger partial charge in [0.1, 0.15) is 0 Å². The minimum atomic E-state index is -4.36. The second-order valence-electron chi connectivity index (χ2n) is 4.11. The summed E-state index contributed by atoms with van der Waals surface area (Å²) < 4.78 is 39.0. The average molecular weight is 279 g/mol. The van der Waals surface area contributed by atoms with Gasteiger partial charge in [-0.1, -0.05) is 18.2 Å². The van der Waals surface area contributed by atoms with Crippen LogP contribution in [0.4, 0.5) is 13.2 Å². The maximum atomic E-state index is 12.7. The predicted octanol–water partition coefficient (Wildman–Crippen LogP) is 4.98. The maximum Gasteiger partial charge on any atom is 0.417 e. The van der Waals surface area contributed by atoms with E-state index in [0.29, 0.717) is 5.56 Å². The number of hydrogen-bond donors (Lipinski definition) is 0. The van der Waals surface area contributed by atoms with Gasteiger partial charge in [-0.3, -0.25) is 4.98 Å². The molecule has 0 amide bonds. The Morgan fingerprint density at radius 2 is 1.79 bits per heavy atom. The van der Waals surface area contributed by atoms with Crippen LogP contribution in [0.15, 0.2) is 48.8 Å². The molecule has 0 spiro atoms. The molecular formula is C14H8F3NS. The zero-order valence-electron chi connectivity index (χ0n) is 9.61. The third-order valence-corrected chi connectivity index (χ3v) is 3.94. The lowest BCUT2D eigenvalue weighted by molar-refractivity contribution is -0.137. The van der Waals surface area contributed by atoms with E-state index < -0.39 is 11.7 Å². The fraction of sp³-hybridized carbons (Fsp3) is 0.0714. The highest BCUT2D eigenvalue weighted by Crippen LogP contribution is 2.36. The van der Waals surface area contributed by atoms with E-state index in [4.69, 9.17) is 0 Å². The Kier molecular flexibility index (Phi) is 2.78. The number of thiophene rings is 1. The smallest absolute Gasteiger partial charge is 0.263 e. The van der Waals surface area contributed by atoms with Crippen molar-refractivity contribution >= 4 is 21.4 Å². The van der Waals surface area contributed by atoms with E-state index in [1.54, 1.807) is 0 Å². The van der Waals surface area contributed by atoms with Gasteiger partial charge >= 0.3 is 6.18 Å². The Morgan fingerprint density at radius 3 is 2.53 bits per heavy atom. The molecule has 0 bridgehead atoms.